The molecule has 0 amide bonds. The first kappa shape index (κ1) is 9.26. The molecular weight excluding hydrogens is 156 g/mol. The molecule has 1 rings (SSSR count). The van der Waals surface area contributed by atoms with E-state index in [4.69, 9.17) is 9.84 Å². The summed E-state index contributed by atoms with van der Waals surface area (Å²) in [5, 5.41) is 8.96. The number of hydrogen-bond acceptors (Lipinski definition) is 3. The van der Waals surface area contributed by atoms with Crippen molar-refractivity contribution >= 4 is 5.97 Å². The van der Waals surface area contributed by atoms with E-state index in [1.807, 2.05) is 0 Å². The summed E-state index contributed by atoms with van der Waals surface area (Å²) < 4.78 is 4.73. The minimum atomic E-state index is -0.247. The number of ether oxygens (including phenoxy) is 1. The third-order valence-corrected chi connectivity index (χ3v) is 1.84. The summed E-state index contributed by atoms with van der Waals surface area (Å²) in [6, 6.07) is 0. The fraction of sp³-hybridized carbons (Fsp3) is 0.667. The predicted molar refractivity (Wildman–Crippen MR) is 44.6 cm³/mol. The first-order chi connectivity index (χ1) is 5.68. The van der Waals surface area contributed by atoms with Gasteiger partial charge in [-0.1, -0.05) is 0 Å². The van der Waals surface area contributed by atoms with Crippen molar-refractivity contribution in [1.29, 1.82) is 0 Å². The zero-order chi connectivity index (χ0) is 8.97. The highest BCUT2D eigenvalue weighted by atomic mass is 16.5. The van der Waals surface area contributed by atoms with E-state index >= 15 is 0 Å². The SMILES string of the molecule is CC(O)CCCC1=CC(=O)OC1. The van der Waals surface area contributed by atoms with Crippen LogP contribution in [0.2, 0.25) is 0 Å². The van der Waals surface area contributed by atoms with Crippen LogP contribution in [-0.4, -0.2) is 23.8 Å². The zero-order valence-corrected chi connectivity index (χ0v) is 7.25. The van der Waals surface area contributed by atoms with Gasteiger partial charge in [0.1, 0.15) is 6.61 Å². The molecule has 0 spiro atoms. The lowest BCUT2D eigenvalue weighted by Gasteiger charge is -2.02. The van der Waals surface area contributed by atoms with E-state index in [0.717, 1.165) is 24.8 Å². The third kappa shape index (κ3) is 3.05. The summed E-state index contributed by atoms with van der Waals surface area (Å²) in [6.07, 6.45) is 3.85. The number of carbonyl (C=O) groups is 1. The fourth-order valence-electron chi connectivity index (χ4n) is 1.18. The van der Waals surface area contributed by atoms with E-state index in [1.165, 1.54) is 0 Å². The van der Waals surface area contributed by atoms with Gasteiger partial charge in [-0.2, -0.15) is 0 Å². The smallest absolute Gasteiger partial charge is 0.331 e. The molecule has 3 heteroatoms. The Kier molecular flexibility index (Phi) is 3.29. The average Bonchev–Trinajstić information content (AvgIpc) is 2.35. The lowest BCUT2D eigenvalue weighted by molar-refractivity contribution is -0.134. The van der Waals surface area contributed by atoms with Gasteiger partial charge < -0.3 is 9.84 Å². The highest BCUT2D eigenvalue weighted by Gasteiger charge is 2.11. The van der Waals surface area contributed by atoms with Crippen molar-refractivity contribution in [2.24, 2.45) is 0 Å². The van der Waals surface area contributed by atoms with Crippen molar-refractivity contribution in [2.75, 3.05) is 6.61 Å². The Hall–Kier alpha value is -0.830. The van der Waals surface area contributed by atoms with Gasteiger partial charge in [-0.05, 0) is 31.8 Å². The first-order valence-electron chi connectivity index (χ1n) is 4.23. The summed E-state index contributed by atoms with van der Waals surface area (Å²) in [4.78, 5) is 10.6. The third-order valence-electron chi connectivity index (χ3n) is 1.84. The van der Waals surface area contributed by atoms with Crippen LogP contribution in [0.5, 0.6) is 0 Å². The van der Waals surface area contributed by atoms with E-state index in [-0.39, 0.29) is 12.1 Å². The topological polar surface area (TPSA) is 46.5 Å². The van der Waals surface area contributed by atoms with E-state index in [2.05, 4.69) is 0 Å². The maximum atomic E-state index is 10.6. The highest BCUT2D eigenvalue weighted by Crippen LogP contribution is 2.14. The van der Waals surface area contributed by atoms with Crippen LogP contribution in [-0.2, 0) is 9.53 Å². The van der Waals surface area contributed by atoms with Gasteiger partial charge in [0.2, 0.25) is 0 Å². The summed E-state index contributed by atoms with van der Waals surface area (Å²) in [5.41, 5.74) is 1.04. The van der Waals surface area contributed by atoms with Gasteiger partial charge in [-0.25, -0.2) is 4.79 Å². The van der Waals surface area contributed by atoms with Gasteiger partial charge in [0, 0.05) is 6.08 Å². The van der Waals surface area contributed by atoms with Gasteiger partial charge in [0.15, 0.2) is 0 Å². The van der Waals surface area contributed by atoms with E-state index in [1.54, 1.807) is 13.0 Å². The van der Waals surface area contributed by atoms with Crippen LogP contribution in [0.25, 0.3) is 0 Å². The predicted octanol–water partition coefficient (Wildman–Crippen LogP) is 1.02. The van der Waals surface area contributed by atoms with Crippen LogP contribution in [0.3, 0.4) is 0 Å². The molecule has 0 aliphatic carbocycles. The Bertz CT molecular complexity index is 194. The van der Waals surface area contributed by atoms with Crippen LogP contribution in [0.4, 0.5) is 0 Å². The molecule has 0 aromatic carbocycles. The van der Waals surface area contributed by atoms with E-state index < -0.39 is 0 Å². The second-order valence-corrected chi connectivity index (χ2v) is 3.15. The molecule has 0 fully saturated rings. The van der Waals surface area contributed by atoms with Gasteiger partial charge >= 0.3 is 5.97 Å². The molecule has 1 atom stereocenters. The molecule has 1 aliphatic heterocycles. The second kappa shape index (κ2) is 4.26. The maximum Gasteiger partial charge on any atom is 0.331 e. The van der Waals surface area contributed by atoms with Crippen molar-refractivity contribution in [3.63, 3.8) is 0 Å². The lowest BCUT2D eigenvalue weighted by atomic mass is 10.1. The number of carbonyl (C=O) groups excluding carboxylic acids is 1. The Morgan fingerprint density at radius 2 is 2.50 bits per heavy atom. The van der Waals surface area contributed by atoms with Gasteiger partial charge in [0.05, 0.1) is 6.10 Å². The zero-order valence-electron chi connectivity index (χ0n) is 7.25. The minimum absolute atomic E-state index is 0.234. The van der Waals surface area contributed by atoms with Crippen molar-refractivity contribution in [1.82, 2.24) is 0 Å². The van der Waals surface area contributed by atoms with Crippen LogP contribution < -0.4 is 0 Å². The second-order valence-electron chi connectivity index (χ2n) is 3.15. The molecule has 3 nitrogen and oxygen atoms in total. The van der Waals surface area contributed by atoms with Crippen LogP contribution in [0.15, 0.2) is 11.6 Å². The summed E-state index contributed by atoms with van der Waals surface area (Å²) in [5.74, 6) is -0.234. The van der Waals surface area contributed by atoms with Gasteiger partial charge in [-0.15, -0.1) is 0 Å². The molecule has 0 aromatic rings. The van der Waals surface area contributed by atoms with Crippen LogP contribution in [0.1, 0.15) is 26.2 Å². The highest BCUT2D eigenvalue weighted by molar-refractivity contribution is 5.85. The monoisotopic (exact) mass is 170 g/mol. The van der Waals surface area contributed by atoms with Gasteiger partial charge in [0.25, 0.3) is 0 Å². The molecule has 12 heavy (non-hydrogen) atoms. The molecule has 68 valence electrons. The number of aliphatic hydroxyl groups excluding tert-OH is 1. The number of hydrogen-bond donors (Lipinski definition) is 1. The molecule has 1 aliphatic rings. The van der Waals surface area contributed by atoms with Crippen molar-refractivity contribution in [2.45, 2.75) is 32.3 Å². The number of cyclic esters (lactones) is 1. The van der Waals surface area contributed by atoms with Crippen molar-refractivity contribution in [3.05, 3.63) is 11.6 Å². The molecular formula is C9H14O3. The standard InChI is InChI=1S/C9H14O3/c1-7(10)3-2-4-8-5-9(11)12-6-8/h5,7,10H,2-4,6H2,1H3. The molecule has 1 unspecified atom stereocenters. The molecule has 0 radical (unpaired) electrons. The van der Waals surface area contributed by atoms with Crippen LogP contribution >= 0.6 is 0 Å². The van der Waals surface area contributed by atoms with Crippen molar-refractivity contribution in [3.8, 4) is 0 Å². The van der Waals surface area contributed by atoms with Crippen LogP contribution in [0, 0.1) is 0 Å². The molecule has 0 bridgehead atoms. The molecule has 0 saturated heterocycles. The Balaban J connectivity index is 2.16. The summed E-state index contributed by atoms with van der Waals surface area (Å²) in [6.45, 7) is 2.21. The minimum Gasteiger partial charge on any atom is -0.458 e. The maximum absolute atomic E-state index is 10.6. The molecule has 0 saturated carbocycles. The average molecular weight is 170 g/mol. The molecule has 1 heterocycles. The molecule has 0 aromatic heterocycles. The quantitative estimate of drug-likeness (QED) is 0.641. The summed E-state index contributed by atoms with van der Waals surface area (Å²) in [7, 11) is 0. The Morgan fingerprint density at radius 3 is 3.00 bits per heavy atom. The Labute approximate surface area is 72.0 Å². The Morgan fingerprint density at radius 1 is 1.75 bits per heavy atom. The normalized spacial score (nSPS) is 18.8. The van der Waals surface area contributed by atoms with E-state index in [0.29, 0.717) is 6.61 Å². The van der Waals surface area contributed by atoms with E-state index in [9.17, 15) is 4.79 Å². The number of rotatable bonds is 4. The van der Waals surface area contributed by atoms with Gasteiger partial charge in [-0.3, -0.25) is 0 Å². The first-order valence-corrected chi connectivity index (χ1v) is 4.23. The van der Waals surface area contributed by atoms with Crippen molar-refractivity contribution < 1.29 is 14.6 Å². The number of aliphatic hydroxyl groups is 1. The molecule has 1 N–H and O–H groups in total. The lowest BCUT2D eigenvalue weighted by Crippen LogP contribution is -1.99. The largest absolute Gasteiger partial charge is 0.458 e. The summed E-state index contributed by atoms with van der Waals surface area (Å²) >= 11 is 0. The fourth-order valence-corrected chi connectivity index (χ4v) is 1.18. The number of esters is 1.